The van der Waals surface area contributed by atoms with Gasteiger partial charge >= 0.3 is 5.97 Å². The number of likely N-dealkylation sites (tertiary alicyclic amines) is 1. The molecule has 0 unspecified atom stereocenters. The van der Waals surface area contributed by atoms with Crippen LogP contribution < -0.4 is 4.74 Å². The highest BCUT2D eigenvalue weighted by Gasteiger charge is 2.32. The van der Waals surface area contributed by atoms with E-state index in [1.54, 1.807) is 7.11 Å². The predicted octanol–water partition coefficient (Wildman–Crippen LogP) is 5.28. The highest BCUT2D eigenvalue weighted by Crippen LogP contribution is 2.38. The Morgan fingerprint density at radius 2 is 1.93 bits per heavy atom. The lowest BCUT2D eigenvalue weighted by atomic mass is 9.96. The summed E-state index contributed by atoms with van der Waals surface area (Å²) in [6.45, 7) is 1.93. The summed E-state index contributed by atoms with van der Waals surface area (Å²) in [5.41, 5.74) is 4.37. The topological polar surface area (TPSA) is 62.9 Å². The highest BCUT2D eigenvalue weighted by molar-refractivity contribution is 5.85. The minimum Gasteiger partial charge on any atom is -0.496 e. The summed E-state index contributed by atoms with van der Waals surface area (Å²) in [4.78, 5) is 13.1. The van der Waals surface area contributed by atoms with Crippen molar-refractivity contribution in [3.63, 3.8) is 0 Å². The zero-order chi connectivity index (χ0) is 20.7. The third-order valence-corrected chi connectivity index (χ3v) is 6.61. The largest absolute Gasteiger partial charge is 0.496 e. The summed E-state index contributed by atoms with van der Waals surface area (Å²) in [7, 11) is 1.67. The number of rotatable bonds is 6. The molecule has 1 aliphatic heterocycles. The van der Waals surface area contributed by atoms with Crippen molar-refractivity contribution in [3.8, 4) is 17.1 Å². The van der Waals surface area contributed by atoms with Crippen LogP contribution in [0.25, 0.3) is 22.3 Å². The molecule has 156 valence electrons. The molecular formula is C25H27NO4. The molecular weight excluding hydrogens is 378 g/mol. The van der Waals surface area contributed by atoms with Crippen LogP contribution in [0.2, 0.25) is 0 Å². The molecule has 5 heteroatoms. The number of benzene rings is 2. The fraction of sp³-hybridized carbons (Fsp3) is 0.400. The van der Waals surface area contributed by atoms with Crippen LogP contribution in [-0.2, 0) is 11.3 Å². The van der Waals surface area contributed by atoms with Crippen LogP contribution in [-0.4, -0.2) is 36.2 Å². The molecule has 0 amide bonds. The van der Waals surface area contributed by atoms with Gasteiger partial charge in [-0.2, -0.15) is 0 Å². The maximum absolute atomic E-state index is 11.0. The Labute approximate surface area is 176 Å². The first kappa shape index (κ1) is 19.2. The van der Waals surface area contributed by atoms with E-state index in [2.05, 4.69) is 35.2 Å². The molecule has 1 saturated carbocycles. The number of furan rings is 1. The van der Waals surface area contributed by atoms with E-state index >= 15 is 0 Å². The molecule has 1 N–H and O–H groups in total. The van der Waals surface area contributed by atoms with Crippen molar-refractivity contribution in [2.45, 2.75) is 38.1 Å². The summed E-state index contributed by atoms with van der Waals surface area (Å²) in [5.74, 6) is 1.32. The van der Waals surface area contributed by atoms with Crippen LogP contribution in [0.5, 0.6) is 5.75 Å². The molecule has 0 radical (unpaired) electrons. The van der Waals surface area contributed by atoms with Gasteiger partial charge in [0.15, 0.2) is 0 Å². The van der Waals surface area contributed by atoms with E-state index < -0.39 is 5.97 Å². The SMILES string of the molecule is COc1cc(CN2CC(C(=O)O)C2)ccc1-c1cc2cc(C3CCCC3)ccc2o1. The summed E-state index contributed by atoms with van der Waals surface area (Å²) < 4.78 is 11.8. The van der Waals surface area contributed by atoms with Gasteiger partial charge in [-0.25, -0.2) is 0 Å². The summed E-state index contributed by atoms with van der Waals surface area (Å²) >= 11 is 0. The summed E-state index contributed by atoms with van der Waals surface area (Å²) in [5, 5.41) is 10.2. The van der Waals surface area contributed by atoms with Crippen molar-refractivity contribution in [1.82, 2.24) is 4.90 Å². The van der Waals surface area contributed by atoms with Crippen molar-refractivity contribution < 1.29 is 19.1 Å². The third-order valence-electron chi connectivity index (χ3n) is 6.61. The molecule has 2 heterocycles. The Hall–Kier alpha value is -2.79. The smallest absolute Gasteiger partial charge is 0.309 e. The van der Waals surface area contributed by atoms with Crippen molar-refractivity contribution in [2.24, 2.45) is 5.92 Å². The van der Waals surface area contributed by atoms with E-state index in [0.29, 0.717) is 19.0 Å². The van der Waals surface area contributed by atoms with E-state index in [1.165, 1.54) is 31.2 Å². The first-order valence-electron chi connectivity index (χ1n) is 10.8. The molecule has 1 aliphatic carbocycles. The van der Waals surface area contributed by atoms with E-state index in [9.17, 15) is 4.79 Å². The summed E-state index contributed by atoms with van der Waals surface area (Å²) in [6, 6.07) is 14.8. The lowest BCUT2D eigenvalue weighted by molar-refractivity contribution is -0.147. The first-order chi connectivity index (χ1) is 14.6. The van der Waals surface area contributed by atoms with Crippen molar-refractivity contribution >= 4 is 16.9 Å². The maximum atomic E-state index is 11.0. The Morgan fingerprint density at radius 1 is 1.13 bits per heavy atom. The predicted molar refractivity (Wildman–Crippen MR) is 116 cm³/mol. The number of carboxylic acid groups (broad SMARTS) is 1. The van der Waals surface area contributed by atoms with Gasteiger partial charge < -0.3 is 14.3 Å². The number of methoxy groups -OCH3 is 1. The van der Waals surface area contributed by atoms with Crippen molar-refractivity contribution in [3.05, 3.63) is 53.6 Å². The Morgan fingerprint density at radius 3 is 2.67 bits per heavy atom. The second-order valence-electron chi connectivity index (χ2n) is 8.65. The van der Waals surface area contributed by atoms with Crippen LogP contribution in [0.15, 0.2) is 46.9 Å². The molecule has 2 fully saturated rings. The standard InChI is InChI=1S/C25H27NO4/c1-29-23-10-16(13-26-14-20(15-26)25(27)28)6-8-21(23)24-12-19-11-18(7-9-22(19)30-24)17-4-2-3-5-17/h6-12,17,20H,2-5,13-15H2,1H3,(H,27,28). The average molecular weight is 405 g/mol. The van der Waals surface area contributed by atoms with Crippen molar-refractivity contribution in [1.29, 1.82) is 0 Å². The molecule has 0 bridgehead atoms. The fourth-order valence-electron chi connectivity index (χ4n) is 4.86. The quantitative estimate of drug-likeness (QED) is 0.604. The number of ether oxygens (including phenoxy) is 1. The van der Waals surface area contributed by atoms with Gasteiger partial charge in [0.2, 0.25) is 0 Å². The molecule has 1 saturated heterocycles. The number of carboxylic acids is 1. The van der Waals surface area contributed by atoms with Gasteiger partial charge in [0.05, 0.1) is 18.6 Å². The first-order valence-corrected chi connectivity index (χ1v) is 10.8. The number of hydrogen-bond donors (Lipinski definition) is 1. The Bertz CT molecular complexity index is 1070. The van der Waals surface area contributed by atoms with Gasteiger partial charge in [-0.15, -0.1) is 0 Å². The zero-order valence-electron chi connectivity index (χ0n) is 17.3. The van der Waals surface area contributed by atoms with Gasteiger partial charge in [-0.1, -0.05) is 25.0 Å². The molecule has 5 rings (SSSR count). The van der Waals surface area contributed by atoms with Gasteiger partial charge in [0, 0.05) is 25.0 Å². The fourth-order valence-corrected chi connectivity index (χ4v) is 4.86. The molecule has 0 spiro atoms. The molecule has 5 nitrogen and oxygen atoms in total. The lowest BCUT2D eigenvalue weighted by Crippen LogP contribution is -2.49. The van der Waals surface area contributed by atoms with Crippen LogP contribution in [0.3, 0.4) is 0 Å². The molecule has 2 aliphatic rings. The van der Waals surface area contributed by atoms with Crippen molar-refractivity contribution in [2.75, 3.05) is 20.2 Å². The van der Waals surface area contributed by atoms with Gasteiger partial charge in [0.1, 0.15) is 17.1 Å². The van der Waals surface area contributed by atoms with Gasteiger partial charge in [0.25, 0.3) is 0 Å². The normalized spacial score (nSPS) is 18.0. The third kappa shape index (κ3) is 3.58. The van der Waals surface area contributed by atoms with E-state index in [-0.39, 0.29) is 5.92 Å². The van der Waals surface area contributed by atoms with E-state index in [0.717, 1.165) is 40.2 Å². The molecule has 2 aromatic carbocycles. The molecule has 0 atom stereocenters. The minimum atomic E-state index is -0.708. The second kappa shape index (κ2) is 7.80. The van der Waals surface area contributed by atoms with Crippen LogP contribution >= 0.6 is 0 Å². The monoisotopic (exact) mass is 405 g/mol. The van der Waals surface area contributed by atoms with Gasteiger partial charge in [-0.05, 0) is 60.2 Å². The van der Waals surface area contributed by atoms with Crippen LogP contribution in [0.1, 0.15) is 42.7 Å². The Kier molecular flexibility index (Phi) is 4.99. The zero-order valence-corrected chi connectivity index (χ0v) is 17.3. The Balaban J connectivity index is 1.37. The average Bonchev–Trinajstić information content (AvgIpc) is 3.38. The van der Waals surface area contributed by atoms with Crippen LogP contribution in [0.4, 0.5) is 0 Å². The van der Waals surface area contributed by atoms with E-state index in [4.69, 9.17) is 14.3 Å². The second-order valence-corrected chi connectivity index (χ2v) is 8.65. The number of carbonyl (C=O) groups is 1. The molecule has 1 aromatic heterocycles. The molecule has 3 aromatic rings. The number of aliphatic carboxylic acids is 1. The maximum Gasteiger partial charge on any atom is 0.309 e. The number of nitrogens with zero attached hydrogens (tertiary/aromatic N) is 1. The van der Waals surface area contributed by atoms with E-state index in [1.807, 2.05) is 12.1 Å². The highest BCUT2D eigenvalue weighted by atomic mass is 16.5. The summed E-state index contributed by atoms with van der Waals surface area (Å²) in [6.07, 6.45) is 5.24. The molecule has 30 heavy (non-hydrogen) atoms. The van der Waals surface area contributed by atoms with Crippen LogP contribution in [0, 0.1) is 5.92 Å². The number of hydrogen-bond acceptors (Lipinski definition) is 4. The van der Waals surface area contributed by atoms with Gasteiger partial charge in [-0.3, -0.25) is 9.69 Å². The number of fused-ring (bicyclic) bond motifs is 1. The lowest BCUT2D eigenvalue weighted by Gasteiger charge is -2.36. The minimum absolute atomic E-state index is 0.240.